The third-order valence-electron chi connectivity index (χ3n) is 5.75. The van der Waals surface area contributed by atoms with Crippen molar-refractivity contribution in [3.8, 4) is 0 Å². The summed E-state index contributed by atoms with van der Waals surface area (Å²) in [6.45, 7) is 1.39. The summed E-state index contributed by atoms with van der Waals surface area (Å²) in [6, 6.07) is 9.40. The van der Waals surface area contributed by atoms with Crippen LogP contribution in [0.3, 0.4) is 0 Å². The number of ketones is 1. The van der Waals surface area contributed by atoms with E-state index in [1.807, 2.05) is 0 Å². The van der Waals surface area contributed by atoms with Gasteiger partial charge in [-0.15, -0.1) is 0 Å². The van der Waals surface area contributed by atoms with Crippen LogP contribution in [0.25, 0.3) is 5.57 Å². The Kier molecular flexibility index (Phi) is 11.8. The first kappa shape index (κ1) is 31.5. The fourth-order valence-electron chi connectivity index (χ4n) is 3.73. The normalized spacial score (nSPS) is 12.4. The summed E-state index contributed by atoms with van der Waals surface area (Å²) in [5.41, 5.74) is 1.55. The zero-order valence-corrected chi connectivity index (χ0v) is 23.3. The Labute approximate surface area is 237 Å². The summed E-state index contributed by atoms with van der Waals surface area (Å²) in [7, 11) is 4.67. The Morgan fingerprint density at radius 2 is 1.82 bits per heavy atom. The van der Waals surface area contributed by atoms with Crippen LogP contribution in [-0.4, -0.2) is 66.9 Å². The Morgan fingerprint density at radius 1 is 1.15 bits per heavy atom. The maximum absolute atomic E-state index is 13.4. The molecule has 4 N–H and O–H groups in total. The van der Waals surface area contributed by atoms with Gasteiger partial charge in [-0.25, -0.2) is 4.79 Å². The van der Waals surface area contributed by atoms with E-state index in [0.717, 1.165) is 0 Å². The number of methoxy groups -OCH3 is 1. The molecule has 1 unspecified atom stereocenters. The smallest absolute Gasteiger partial charge is 0.335 e. The number of allylic oxidation sites excluding steroid dienone is 3. The number of rotatable bonds is 14. The summed E-state index contributed by atoms with van der Waals surface area (Å²) < 4.78 is 5.59. The molecule has 10 nitrogen and oxygen atoms in total. The lowest BCUT2D eigenvalue weighted by molar-refractivity contribution is -0.119. The molecule has 2 rings (SSSR count). The number of anilines is 1. The van der Waals surface area contributed by atoms with Gasteiger partial charge in [0.15, 0.2) is 5.78 Å². The first-order valence-electron chi connectivity index (χ1n) is 12.0. The molecule has 0 aliphatic carbocycles. The van der Waals surface area contributed by atoms with Crippen molar-refractivity contribution in [1.29, 1.82) is 5.41 Å². The van der Waals surface area contributed by atoms with Crippen molar-refractivity contribution in [2.45, 2.75) is 19.4 Å². The number of aromatic carboxylic acids is 1. The molecule has 210 valence electrons. The number of benzene rings is 2. The number of Topliss-reactive ketones (excluding diaryl/α,β-unsaturated/α-hetero) is 1. The molecule has 0 heterocycles. The van der Waals surface area contributed by atoms with Gasteiger partial charge in [-0.1, -0.05) is 11.6 Å². The van der Waals surface area contributed by atoms with E-state index in [4.69, 9.17) is 26.9 Å². The van der Waals surface area contributed by atoms with Crippen molar-refractivity contribution >= 4 is 52.5 Å². The Balaban J connectivity index is 2.52. The molecule has 0 fully saturated rings. The highest BCUT2D eigenvalue weighted by Crippen LogP contribution is 2.30. The van der Waals surface area contributed by atoms with Crippen LogP contribution >= 0.6 is 11.6 Å². The molecule has 0 saturated carbocycles. The van der Waals surface area contributed by atoms with Crippen molar-refractivity contribution in [2.24, 2.45) is 0 Å². The summed E-state index contributed by atoms with van der Waals surface area (Å²) in [5, 5.41) is 23.3. The number of carboxylic acids is 1. The van der Waals surface area contributed by atoms with Gasteiger partial charge in [-0.3, -0.25) is 14.4 Å². The number of hydrogen-bond donors (Lipinski definition) is 4. The van der Waals surface area contributed by atoms with Gasteiger partial charge in [0.25, 0.3) is 0 Å². The van der Waals surface area contributed by atoms with Crippen LogP contribution in [0.2, 0.25) is 5.02 Å². The molecule has 0 aliphatic rings. The average molecular weight is 567 g/mol. The van der Waals surface area contributed by atoms with Gasteiger partial charge >= 0.3 is 5.97 Å². The van der Waals surface area contributed by atoms with Crippen molar-refractivity contribution < 1.29 is 29.0 Å². The van der Waals surface area contributed by atoms with Gasteiger partial charge in [0.2, 0.25) is 5.91 Å². The zero-order chi connectivity index (χ0) is 29.8. The van der Waals surface area contributed by atoms with Crippen LogP contribution in [0, 0.1) is 5.41 Å². The number of ether oxygens (including phenoxy) is 1. The summed E-state index contributed by atoms with van der Waals surface area (Å²) in [4.78, 5) is 50.0. The lowest BCUT2D eigenvalue weighted by Crippen LogP contribution is -2.40. The maximum Gasteiger partial charge on any atom is 0.335 e. The van der Waals surface area contributed by atoms with Crippen LogP contribution in [0.5, 0.6) is 0 Å². The van der Waals surface area contributed by atoms with Crippen LogP contribution < -0.4 is 10.6 Å². The molecule has 40 heavy (non-hydrogen) atoms. The second-order valence-corrected chi connectivity index (χ2v) is 9.00. The fourth-order valence-corrected chi connectivity index (χ4v) is 3.90. The van der Waals surface area contributed by atoms with Crippen LogP contribution in [0.4, 0.5) is 5.69 Å². The second-order valence-electron chi connectivity index (χ2n) is 8.56. The fraction of sp³-hybridized carbons (Fsp3) is 0.207. The molecule has 2 aromatic carbocycles. The summed E-state index contributed by atoms with van der Waals surface area (Å²) in [5.74, 6) is -1.65. The highest BCUT2D eigenvalue weighted by molar-refractivity contribution is 6.31. The number of carbonyl (C=O) groups is 4. The number of hydrogen-bond acceptors (Lipinski definition) is 8. The monoisotopic (exact) mass is 566 g/mol. The number of nitrogens with one attached hydrogen (secondary N) is 3. The molecule has 11 heteroatoms. The number of carbonyl (C=O) groups excluding carboxylic acids is 3. The SMILES string of the molecule is CN/C=C\C(=N)CC(C(=O)Nc1ccc(C(=O)O)cc1)N(C)/C=C(OC)\C(=C/C=O)c1cc(Cl)ccc1C(C)=O. The van der Waals surface area contributed by atoms with Crippen molar-refractivity contribution in [3.63, 3.8) is 0 Å². The third kappa shape index (κ3) is 8.67. The molecule has 1 amide bonds. The van der Waals surface area contributed by atoms with E-state index in [9.17, 15) is 19.2 Å². The van der Waals surface area contributed by atoms with Crippen molar-refractivity contribution in [2.75, 3.05) is 26.5 Å². The summed E-state index contributed by atoms with van der Waals surface area (Å²) >= 11 is 6.20. The maximum atomic E-state index is 13.4. The van der Waals surface area contributed by atoms with Gasteiger partial charge in [0.1, 0.15) is 18.1 Å². The lowest BCUT2D eigenvalue weighted by atomic mass is 9.95. The van der Waals surface area contributed by atoms with E-state index in [0.29, 0.717) is 28.1 Å². The van der Waals surface area contributed by atoms with Gasteiger partial charge in [0.05, 0.1) is 12.7 Å². The second kappa shape index (κ2) is 15.0. The van der Waals surface area contributed by atoms with Gasteiger partial charge < -0.3 is 30.8 Å². The third-order valence-corrected chi connectivity index (χ3v) is 5.99. The molecule has 0 bridgehead atoms. The first-order valence-corrected chi connectivity index (χ1v) is 12.4. The number of likely N-dealkylation sites (N-methyl/N-ethyl adjacent to an activating group) is 1. The van der Waals surface area contributed by atoms with Crippen molar-refractivity contribution in [1.82, 2.24) is 10.2 Å². The van der Waals surface area contributed by atoms with Gasteiger partial charge in [-0.05, 0) is 73.3 Å². The number of amides is 1. The zero-order valence-electron chi connectivity index (χ0n) is 22.5. The molecule has 1 atom stereocenters. The Bertz CT molecular complexity index is 1370. The number of carboxylic acid groups (broad SMARTS) is 1. The molecular formula is C29H31ClN4O6. The largest absolute Gasteiger partial charge is 0.495 e. The summed E-state index contributed by atoms with van der Waals surface area (Å²) in [6.07, 6.45) is 6.34. The quantitative estimate of drug-likeness (QED) is 0.0657. The Morgan fingerprint density at radius 3 is 2.38 bits per heavy atom. The van der Waals surface area contributed by atoms with E-state index in [-0.39, 0.29) is 34.8 Å². The van der Waals surface area contributed by atoms with Crippen LogP contribution in [0.15, 0.2) is 72.8 Å². The Hall–Kier alpha value is -4.70. The minimum absolute atomic E-state index is 0.0101. The van der Waals surface area contributed by atoms with E-state index >= 15 is 0 Å². The molecule has 0 aromatic heterocycles. The van der Waals surface area contributed by atoms with E-state index in [2.05, 4.69) is 10.6 Å². The molecule has 0 aliphatic heterocycles. The predicted octanol–water partition coefficient (Wildman–Crippen LogP) is 4.39. The number of halogens is 1. The molecule has 0 spiro atoms. The highest BCUT2D eigenvalue weighted by Gasteiger charge is 2.25. The lowest BCUT2D eigenvalue weighted by Gasteiger charge is -2.27. The van der Waals surface area contributed by atoms with Gasteiger partial charge in [-0.2, -0.15) is 0 Å². The van der Waals surface area contributed by atoms with Crippen LogP contribution in [-0.2, 0) is 14.3 Å². The highest BCUT2D eigenvalue weighted by atomic mass is 35.5. The average Bonchev–Trinajstić information content (AvgIpc) is 2.92. The number of aldehydes is 1. The van der Waals surface area contributed by atoms with Crippen molar-refractivity contribution in [3.05, 3.63) is 94.5 Å². The van der Waals surface area contributed by atoms with E-state index < -0.39 is 17.9 Å². The molecule has 0 saturated heterocycles. The minimum Gasteiger partial charge on any atom is -0.495 e. The van der Waals surface area contributed by atoms with Gasteiger partial charge in [0, 0.05) is 54.3 Å². The van der Waals surface area contributed by atoms with Crippen LogP contribution in [0.1, 0.15) is 39.6 Å². The molecular weight excluding hydrogens is 536 g/mol. The molecule has 2 aromatic rings. The minimum atomic E-state index is -1.09. The topological polar surface area (TPSA) is 149 Å². The first-order chi connectivity index (χ1) is 19.0. The standard InChI is InChI=1S/C29H31ClN4O6/c1-18(36)23-10-7-20(30)15-25(23)24(12-14-35)27(40-4)17-34(3)26(16-21(31)11-13-32-2)28(37)33-22-8-5-19(6-9-22)29(38)39/h5-15,17,26,31-32H,16H2,1-4H3,(H,33,37)(H,38,39)/b13-11-,24-12-,27-17+,31-21?. The number of nitrogens with zero attached hydrogens (tertiary/aromatic N) is 1. The van der Waals surface area contributed by atoms with E-state index in [1.54, 1.807) is 38.5 Å². The predicted molar refractivity (Wildman–Crippen MR) is 155 cm³/mol. The van der Waals surface area contributed by atoms with E-state index in [1.165, 1.54) is 61.6 Å². The molecule has 0 radical (unpaired) electrons.